The van der Waals surface area contributed by atoms with Gasteiger partial charge in [-0.25, -0.2) is 9.78 Å². The Morgan fingerprint density at radius 3 is 2.81 bits per heavy atom. The number of hydrogen-bond acceptors (Lipinski definition) is 7. The predicted molar refractivity (Wildman–Crippen MR) is 103 cm³/mol. The van der Waals surface area contributed by atoms with Crippen LogP contribution in [-0.2, 0) is 5.75 Å². The zero-order valence-electron chi connectivity index (χ0n) is 13.3. The van der Waals surface area contributed by atoms with Crippen LogP contribution in [0.15, 0.2) is 49.5 Å². The Morgan fingerprint density at radius 2 is 2.15 bits per heavy atom. The van der Waals surface area contributed by atoms with Gasteiger partial charge in [-0.2, -0.15) is 0 Å². The van der Waals surface area contributed by atoms with Gasteiger partial charge in [-0.05, 0) is 25.1 Å². The Bertz CT molecular complexity index is 1020. The number of rotatable bonds is 5. The van der Waals surface area contributed by atoms with Gasteiger partial charge in [0, 0.05) is 22.2 Å². The minimum absolute atomic E-state index is 0.106. The second-order valence-corrected chi connectivity index (χ2v) is 8.06. The van der Waals surface area contributed by atoms with Gasteiger partial charge in [-0.3, -0.25) is 4.79 Å². The number of carbonyl (C=O) groups is 1. The quantitative estimate of drug-likeness (QED) is 0.410. The summed E-state index contributed by atoms with van der Waals surface area (Å²) in [6, 6.07) is 5.64. The molecule has 0 saturated heterocycles. The van der Waals surface area contributed by atoms with Crippen LogP contribution in [0.3, 0.4) is 0 Å². The molecule has 0 atom stereocenters. The molecule has 0 spiro atoms. The monoisotopic (exact) mass is 427 g/mol. The third-order valence-electron chi connectivity index (χ3n) is 3.14. The Morgan fingerprint density at radius 1 is 1.35 bits per heavy atom. The van der Waals surface area contributed by atoms with Crippen molar-refractivity contribution in [2.24, 2.45) is 0 Å². The van der Waals surface area contributed by atoms with Gasteiger partial charge in [0.05, 0.1) is 16.3 Å². The molecule has 0 unspecified atom stereocenters. The number of aryl methyl sites for hydroxylation is 1. The highest BCUT2D eigenvalue weighted by molar-refractivity contribution is 8.00. The van der Waals surface area contributed by atoms with Crippen LogP contribution in [0.5, 0.6) is 5.75 Å². The van der Waals surface area contributed by atoms with Crippen LogP contribution in [0.2, 0.25) is 10.0 Å². The molecule has 134 valence electrons. The van der Waals surface area contributed by atoms with Gasteiger partial charge >= 0.3 is 5.97 Å². The molecule has 0 N–H and O–H groups in total. The molecule has 0 bridgehead atoms. The lowest BCUT2D eigenvalue weighted by Gasteiger charge is -2.06. The van der Waals surface area contributed by atoms with Crippen molar-refractivity contribution >= 4 is 52.3 Å². The summed E-state index contributed by atoms with van der Waals surface area (Å²) in [5, 5.41) is 2.48. The zero-order chi connectivity index (χ0) is 18.7. The number of esters is 1. The molecular weight excluding hydrogens is 417 g/mol. The second-order valence-electron chi connectivity index (χ2n) is 5.13. The Labute approximate surface area is 166 Å². The van der Waals surface area contributed by atoms with E-state index in [1.165, 1.54) is 47.4 Å². The molecule has 2 heterocycles. The molecule has 3 rings (SSSR count). The molecule has 0 aliphatic heterocycles. The maximum atomic E-state index is 12.2. The number of benzene rings is 1. The standard InChI is InChI=1S/C17H11Cl2NO4S2/c1-9-7-25-17(20-9)26-8-11-5-14(21)15(6-23-11)24-16(22)12-3-2-10(18)4-13(12)19/h2-7H,8H2,1H3. The number of thiazole rings is 1. The van der Waals surface area contributed by atoms with Crippen LogP contribution < -0.4 is 10.2 Å². The van der Waals surface area contributed by atoms with Crippen molar-refractivity contribution in [1.29, 1.82) is 0 Å². The van der Waals surface area contributed by atoms with Gasteiger partial charge in [0.2, 0.25) is 11.2 Å². The van der Waals surface area contributed by atoms with E-state index in [0.717, 1.165) is 16.3 Å². The zero-order valence-corrected chi connectivity index (χ0v) is 16.5. The van der Waals surface area contributed by atoms with Crippen LogP contribution >= 0.6 is 46.3 Å². The van der Waals surface area contributed by atoms with Gasteiger partial charge in [0.1, 0.15) is 12.0 Å². The van der Waals surface area contributed by atoms with Gasteiger partial charge in [0.15, 0.2) is 4.34 Å². The first-order valence-electron chi connectivity index (χ1n) is 7.26. The molecule has 0 aliphatic rings. The van der Waals surface area contributed by atoms with Crippen LogP contribution in [-0.4, -0.2) is 11.0 Å². The van der Waals surface area contributed by atoms with Gasteiger partial charge in [-0.1, -0.05) is 35.0 Å². The fourth-order valence-electron chi connectivity index (χ4n) is 1.93. The molecule has 9 heteroatoms. The molecule has 5 nitrogen and oxygen atoms in total. The largest absolute Gasteiger partial charge is 0.464 e. The van der Waals surface area contributed by atoms with Crippen LogP contribution in [0, 0.1) is 6.92 Å². The molecule has 2 aromatic heterocycles. The third-order valence-corrected chi connectivity index (χ3v) is 5.85. The molecule has 0 radical (unpaired) electrons. The van der Waals surface area contributed by atoms with E-state index in [-0.39, 0.29) is 16.3 Å². The number of nitrogens with zero attached hydrogens (tertiary/aromatic N) is 1. The average Bonchev–Trinajstić information content (AvgIpc) is 3.00. The van der Waals surface area contributed by atoms with Crippen molar-refractivity contribution in [3.8, 4) is 5.75 Å². The normalized spacial score (nSPS) is 10.7. The van der Waals surface area contributed by atoms with E-state index in [0.29, 0.717) is 16.5 Å². The Balaban J connectivity index is 1.69. The average molecular weight is 428 g/mol. The van der Waals surface area contributed by atoms with E-state index < -0.39 is 11.4 Å². The van der Waals surface area contributed by atoms with Gasteiger partial charge in [0.25, 0.3) is 0 Å². The minimum Gasteiger partial charge on any atom is -0.464 e. The van der Waals surface area contributed by atoms with E-state index >= 15 is 0 Å². The Hall–Kier alpha value is -1.80. The van der Waals surface area contributed by atoms with E-state index in [9.17, 15) is 9.59 Å². The summed E-state index contributed by atoms with van der Waals surface area (Å²) in [6.07, 6.45) is 1.12. The van der Waals surface area contributed by atoms with Gasteiger partial charge < -0.3 is 9.15 Å². The SMILES string of the molecule is Cc1csc(SCc2cc(=O)c(OC(=O)c3ccc(Cl)cc3Cl)co2)n1. The smallest absolute Gasteiger partial charge is 0.345 e. The van der Waals surface area contributed by atoms with E-state index in [4.69, 9.17) is 32.4 Å². The van der Waals surface area contributed by atoms with Crippen LogP contribution in [0.25, 0.3) is 0 Å². The molecule has 0 fully saturated rings. The van der Waals surface area contributed by atoms with E-state index in [1.807, 2.05) is 12.3 Å². The molecule has 26 heavy (non-hydrogen) atoms. The Kier molecular flexibility index (Phi) is 6.03. The van der Waals surface area contributed by atoms with Gasteiger partial charge in [-0.15, -0.1) is 11.3 Å². The predicted octanol–water partition coefficient (Wildman–Crippen LogP) is 5.22. The lowest BCUT2D eigenvalue weighted by Crippen LogP contribution is -2.15. The summed E-state index contributed by atoms with van der Waals surface area (Å²) in [4.78, 5) is 28.6. The summed E-state index contributed by atoms with van der Waals surface area (Å²) in [7, 11) is 0. The number of halogens is 2. The highest BCUT2D eigenvalue weighted by atomic mass is 35.5. The minimum atomic E-state index is -0.764. The number of ether oxygens (including phenoxy) is 1. The first-order chi connectivity index (χ1) is 12.4. The van der Waals surface area contributed by atoms with E-state index in [1.54, 1.807) is 0 Å². The summed E-state index contributed by atoms with van der Waals surface area (Å²) in [5.41, 5.74) is 0.594. The number of carbonyl (C=O) groups excluding carboxylic acids is 1. The fourth-order valence-corrected chi connectivity index (χ4v) is 4.16. The van der Waals surface area contributed by atoms with Crippen LogP contribution in [0.1, 0.15) is 21.8 Å². The molecular formula is C17H11Cl2NO4S2. The topological polar surface area (TPSA) is 69.4 Å². The second kappa shape index (κ2) is 8.26. The maximum absolute atomic E-state index is 12.2. The van der Waals surface area contributed by atoms with Crippen molar-refractivity contribution in [1.82, 2.24) is 4.98 Å². The van der Waals surface area contributed by atoms with Crippen LogP contribution in [0.4, 0.5) is 0 Å². The highest BCUT2D eigenvalue weighted by Crippen LogP contribution is 2.26. The molecule has 1 aromatic carbocycles. The van der Waals surface area contributed by atoms with Crippen molar-refractivity contribution in [2.75, 3.05) is 0 Å². The summed E-state index contributed by atoms with van der Waals surface area (Å²) < 4.78 is 11.3. The number of hydrogen-bond donors (Lipinski definition) is 0. The molecule has 3 aromatic rings. The summed E-state index contributed by atoms with van der Waals surface area (Å²) in [5.74, 6) is -0.0734. The lowest BCUT2D eigenvalue weighted by molar-refractivity contribution is 0.0729. The summed E-state index contributed by atoms with van der Waals surface area (Å²) >= 11 is 14.7. The lowest BCUT2D eigenvalue weighted by atomic mass is 10.2. The fraction of sp³-hybridized carbons (Fsp3) is 0.118. The third kappa shape index (κ3) is 4.67. The number of thioether (sulfide) groups is 1. The first kappa shape index (κ1) is 19.0. The first-order valence-corrected chi connectivity index (χ1v) is 9.88. The van der Waals surface area contributed by atoms with Crippen molar-refractivity contribution in [3.63, 3.8) is 0 Å². The summed E-state index contributed by atoms with van der Waals surface area (Å²) in [6.45, 7) is 1.91. The van der Waals surface area contributed by atoms with Crippen molar-refractivity contribution in [3.05, 3.63) is 73.2 Å². The van der Waals surface area contributed by atoms with E-state index in [2.05, 4.69) is 4.98 Å². The van der Waals surface area contributed by atoms with Crippen molar-refractivity contribution in [2.45, 2.75) is 17.0 Å². The molecule has 0 saturated carbocycles. The number of aromatic nitrogens is 1. The molecule has 0 amide bonds. The van der Waals surface area contributed by atoms with Crippen molar-refractivity contribution < 1.29 is 13.9 Å². The maximum Gasteiger partial charge on any atom is 0.345 e. The highest BCUT2D eigenvalue weighted by Gasteiger charge is 2.16. The molecule has 0 aliphatic carbocycles.